The maximum Gasteiger partial charge on any atom is 0.224 e. The van der Waals surface area contributed by atoms with Crippen molar-refractivity contribution >= 4 is 11.8 Å². The number of nitrogens with zero attached hydrogens (tertiary/aromatic N) is 4. The molecule has 3 rings (SSSR count). The number of rotatable bonds is 8. The van der Waals surface area contributed by atoms with Gasteiger partial charge < -0.3 is 10.2 Å². The highest BCUT2D eigenvalue weighted by atomic mass is 15.2. The number of benzene rings is 1. The zero-order valence-corrected chi connectivity index (χ0v) is 15.4. The number of aromatic nitrogens is 3. The molecule has 26 heavy (non-hydrogen) atoms. The van der Waals surface area contributed by atoms with Gasteiger partial charge in [0.25, 0.3) is 0 Å². The molecule has 0 unspecified atom stereocenters. The Labute approximate surface area is 155 Å². The third-order valence-electron chi connectivity index (χ3n) is 4.26. The van der Waals surface area contributed by atoms with Crippen molar-refractivity contribution < 1.29 is 0 Å². The number of nitrogens with one attached hydrogen (secondary N) is 1. The van der Waals surface area contributed by atoms with Gasteiger partial charge in [0.2, 0.25) is 5.95 Å². The Bertz CT molecular complexity index is 805. The van der Waals surface area contributed by atoms with Gasteiger partial charge in [-0.25, -0.2) is 4.98 Å². The fourth-order valence-electron chi connectivity index (χ4n) is 2.75. The van der Waals surface area contributed by atoms with E-state index in [1.165, 1.54) is 11.1 Å². The molecule has 0 aliphatic rings. The Morgan fingerprint density at radius 2 is 1.65 bits per heavy atom. The van der Waals surface area contributed by atoms with Crippen molar-refractivity contribution in [3.8, 4) is 0 Å². The van der Waals surface area contributed by atoms with Gasteiger partial charge in [0.15, 0.2) is 0 Å². The summed E-state index contributed by atoms with van der Waals surface area (Å²) in [5.74, 6) is 1.63. The first-order chi connectivity index (χ1) is 12.7. The lowest BCUT2D eigenvalue weighted by molar-refractivity contribution is 0.850. The molecule has 0 atom stereocenters. The molecule has 0 bridgehead atoms. The van der Waals surface area contributed by atoms with Crippen LogP contribution in [0.2, 0.25) is 0 Å². The van der Waals surface area contributed by atoms with Crippen LogP contribution in [0.3, 0.4) is 0 Å². The van der Waals surface area contributed by atoms with Gasteiger partial charge >= 0.3 is 0 Å². The van der Waals surface area contributed by atoms with E-state index in [4.69, 9.17) is 0 Å². The van der Waals surface area contributed by atoms with Gasteiger partial charge in [-0.15, -0.1) is 0 Å². The minimum atomic E-state index is 0.687. The molecular formula is C21H25N5. The second-order valence-corrected chi connectivity index (χ2v) is 6.38. The van der Waals surface area contributed by atoms with E-state index in [1.807, 2.05) is 31.5 Å². The summed E-state index contributed by atoms with van der Waals surface area (Å²) < 4.78 is 0. The summed E-state index contributed by atoms with van der Waals surface area (Å²) in [4.78, 5) is 15.4. The van der Waals surface area contributed by atoms with E-state index < -0.39 is 0 Å². The number of pyridine rings is 1. The number of hydrogen-bond acceptors (Lipinski definition) is 5. The van der Waals surface area contributed by atoms with Gasteiger partial charge in [-0.05, 0) is 43.0 Å². The lowest BCUT2D eigenvalue weighted by Gasteiger charge is -2.19. The maximum absolute atomic E-state index is 4.67. The van der Waals surface area contributed by atoms with E-state index in [-0.39, 0.29) is 0 Å². The lowest BCUT2D eigenvalue weighted by Crippen LogP contribution is -2.22. The Hall–Kier alpha value is -2.95. The van der Waals surface area contributed by atoms with Crippen LogP contribution in [0.25, 0.3) is 0 Å². The second kappa shape index (κ2) is 8.94. The molecule has 1 aromatic carbocycles. The SMILES string of the molecule is Cc1cc(N(C)CCc2ccncc2)nc(NCCc2ccccc2)n1. The van der Waals surface area contributed by atoms with Crippen LogP contribution in [-0.2, 0) is 12.8 Å². The van der Waals surface area contributed by atoms with Gasteiger partial charge in [0.1, 0.15) is 5.82 Å². The normalized spacial score (nSPS) is 10.5. The molecule has 2 heterocycles. The summed E-state index contributed by atoms with van der Waals surface area (Å²) in [5, 5.41) is 3.35. The summed E-state index contributed by atoms with van der Waals surface area (Å²) in [5.41, 5.74) is 3.55. The Morgan fingerprint density at radius 1 is 0.923 bits per heavy atom. The number of anilines is 2. The van der Waals surface area contributed by atoms with E-state index in [9.17, 15) is 0 Å². The first-order valence-electron chi connectivity index (χ1n) is 8.94. The molecule has 1 N–H and O–H groups in total. The predicted molar refractivity (Wildman–Crippen MR) is 107 cm³/mol. The molecule has 0 saturated carbocycles. The summed E-state index contributed by atoms with van der Waals surface area (Å²) in [6.07, 6.45) is 5.57. The van der Waals surface area contributed by atoms with Crippen LogP contribution in [0, 0.1) is 6.92 Å². The van der Waals surface area contributed by atoms with E-state index in [0.717, 1.165) is 37.4 Å². The molecule has 0 amide bonds. The van der Waals surface area contributed by atoms with Crippen LogP contribution >= 0.6 is 0 Å². The van der Waals surface area contributed by atoms with Gasteiger partial charge in [-0.2, -0.15) is 4.98 Å². The maximum atomic E-state index is 4.67. The van der Waals surface area contributed by atoms with Gasteiger partial charge in [0, 0.05) is 44.3 Å². The molecule has 0 saturated heterocycles. The first kappa shape index (κ1) is 17.9. The predicted octanol–water partition coefficient (Wildman–Crippen LogP) is 3.51. The highest BCUT2D eigenvalue weighted by molar-refractivity contribution is 5.44. The lowest BCUT2D eigenvalue weighted by atomic mass is 10.1. The molecule has 0 fully saturated rings. The van der Waals surface area contributed by atoms with Crippen molar-refractivity contribution in [2.24, 2.45) is 0 Å². The van der Waals surface area contributed by atoms with Crippen LogP contribution in [0.15, 0.2) is 60.9 Å². The molecule has 5 heteroatoms. The van der Waals surface area contributed by atoms with Crippen LogP contribution in [0.1, 0.15) is 16.8 Å². The number of aryl methyl sites for hydroxylation is 1. The van der Waals surface area contributed by atoms with Crippen molar-refractivity contribution in [1.82, 2.24) is 15.0 Å². The van der Waals surface area contributed by atoms with Gasteiger partial charge in [-0.3, -0.25) is 4.98 Å². The molecule has 0 aliphatic heterocycles. The van der Waals surface area contributed by atoms with Crippen molar-refractivity contribution in [1.29, 1.82) is 0 Å². The minimum Gasteiger partial charge on any atom is -0.359 e. The van der Waals surface area contributed by atoms with E-state index >= 15 is 0 Å². The second-order valence-electron chi connectivity index (χ2n) is 6.38. The van der Waals surface area contributed by atoms with E-state index in [1.54, 1.807) is 0 Å². The molecule has 134 valence electrons. The van der Waals surface area contributed by atoms with Gasteiger partial charge in [0.05, 0.1) is 0 Å². The van der Waals surface area contributed by atoms with E-state index in [2.05, 4.69) is 68.6 Å². The van der Waals surface area contributed by atoms with Crippen molar-refractivity contribution in [2.45, 2.75) is 19.8 Å². The third kappa shape index (κ3) is 5.28. The summed E-state index contributed by atoms with van der Waals surface area (Å²) >= 11 is 0. The van der Waals surface area contributed by atoms with Crippen LogP contribution in [0.5, 0.6) is 0 Å². The summed E-state index contributed by atoms with van der Waals surface area (Å²) in [7, 11) is 2.07. The molecule has 5 nitrogen and oxygen atoms in total. The fourth-order valence-corrected chi connectivity index (χ4v) is 2.75. The molecule has 2 aromatic heterocycles. The third-order valence-corrected chi connectivity index (χ3v) is 4.26. The molecule has 0 radical (unpaired) electrons. The molecular weight excluding hydrogens is 322 g/mol. The Morgan fingerprint density at radius 3 is 2.42 bits per heavy atom. The summed E-state index contributed by atoms with van der Waals surface area (Å²) in [6, 6.07) is 16.6. The molecule has 0 aliphatic carbocycles. The topological polar surface area (TPSA) is 53.9 Å². The zero-order valence-electron chi connectivity index (χ0n) is 15.4. The van der Waals surface area contributed by atoms with Crippen LogP contribution in [-0.4, -0.2) is 35.1 Å². The monoisotopic (exact) mass is 347 g/mol. The molecule has 0 spiro atoms. The van der Waals surface area contributed by atoms with Crippen molar-refractivity contribution in [2.75, 3.05) is 30.4 Å². The Balaban J connectivity index is 1.57. The molecule has 3 aromatic rings. The van der Waals surface area contributed by atoms with Crippen molar-refractivity contribution in [3.05, 3.63) is 77.7 Å². The quantitative estimate of drug-likeness (QED) is 0.676. The van der Waals surface area contributed by atoms with E-state index in [0.29, 0.717) is 5.95 Å². The number of likely N-dealkylation sites (N-methyl/N-ethyl adjacent to an activating group) is 1. The highest BCUT2D eigenvalue weighted by Gasteiger charge is 2.07. The largest absolute Gasteiger partial charge is 0.359 e. The average Bonchev–Trinajstić information content (AvgIpc) is 2.67. The smallest absolute Gasteiger partial charge is 0.224 e. The summed E-state index contributed by atoms with van der Waals surface area (Å²) in [6.45, 7) is 3.71. The highest BCUT2D eigenvalue weighted by Crippen LogP contribution is 2.14. The van der Waals surface area contributed by atoms with Crippen LogP contribution < -0.4 is 10.2 Å². The number of hydrogen-bond donors (Lipinski definition) is 1. The van der Waals surface area contributed by atoms with Crippen molar-refractivity contribution in [3.63, 3.8) is 0 Å². The Kier molecular flexibility index (Phi) is 6.14. The van der Waals surface area contributed by atoms with Gasteiger partial charge in [-0.1, -0.05) is 30.3 Å². The zero-order chi connectivity index (χ0) is 18.2. The minimum absolute atomic E-state index is 0.687. The van der Waals surface area contributed by atoms with Crippen LogP contribution in [0.4, 0.5) is 11.8 Å². The standard InChI is InChI=1S/C21H25N5/c1-17-16-20(26(2)15-11-19-8-12-22-13-9-19)25-21(24-17)23-14-10-18-6-4-3-5-7-18/h3-9,12-13,16H,10-11,14-15H2,1-2H3,(H,23,24,25). The average molecular weight is 347 g/mol. The first-order valence-corrected chi connectivity index (χ1v) is 8.94. The fraction of sp³-hybridized carbons (Fsp3) is 0.286.